The number of anilines is 3. The van der Waals surface area contributed by atoms with Crippen molar-refractivity contribution in [3.05, 3.63) is 140 Å². The Labute approximate surface area is 209 Å². The molecular weight excluding hydrogens is 438 g/mol. The van der Waals surface area contributed by atoms with Crippen LogP contribution in [-0.4, -0.2) is 0 Å². The van der Waals surface area contributed by atoms with Gasteiger partial charge in [-0.3, -0.25) is 0 Å². The fraction of sp³-hybridized carbons (Fsp3) is 0. The van der Waals surface area contributed by atoms with E-state index in [-0.39, 0.29) is 0 Å². The Balaban J connectivity index is 1.59. The van der Waals surface area contributed by atoms with Crippen molar-refractivity contribution in [3.63, 3.8) is 0 Å². The van der Waals surface area contributed by atoms with E-state index in [1.807, 2.05) is 0 Å². The predicted molar refractivity (Wildman–Crippen MR) is 151 cm³/mol. The molecule has 0 aliphatic rings. The van der Waals surface area contributed by atoms with Gasteiger partial charge in [-0.25, -0.2) is 0 Å². The van der Waals surface area contributed by atoms with Gasteiger partial charge in [-0.2, -0.15) is 0 Å². The van der Waals surface area contributed by atoms with E-state index in [0.717, 1.165) is 55.5 Å². The summed E-state index contributed by atoms with van der Waals surface area (Å²) in [7, 11) is 0. The lowest BCUT2D eigenvalue weighted by Gasteiger charge is -2.28. The average molecular weight is 462 g/mol. The van der Waals surface area contributed by atoms with Crippen molar-refractivity contribution in [1.82, 2.24) is 0 Å². The summed E-state index contributed by atoms with van der Waals surface area (Å²) >= 11 is 0. The van der Waals surface area contributed by atoms with Crippen LogP contribution in [0.2, 0.25) is 0 Å². The minimum absolute atomic E-state index is 0.894. The molecule has 2 nitrogen and oxygen atoms in total. The molecule has 0 saturated carbocycles. The van der Waals surface area contributed by atoms with Gasteiger partial charge in [0.25, 0.3) is 0 Å². The molecule has 0 fully saturated rings. The molecule has 0 amide bonds. The molecule has 170 valence electrons. The van der Waals surface area contributed by atoms with Crippen LogP contribution < -0.4 is 4.90 Å². The first-order chi connectivity index (χ1) is 17.9. The molecular formula is C34H23NO. The molecule has 0 saturated heterocycles. The van der Waals surface area contributed by atoms with E-state index >= 15 is 0 Å². The summed E-state index contributed by atoms with van der Waals surface area (Å²) in [6, 6.07) is 48.9. The molecule has 2 heteroatoms. The molecule has 6 aromatic carbocycles. The number of hydrogen-bond donors (Lipinski definition) is 0. The topological polar surface area (TPSA) is 16.4 Å². The van der Waals surface area contributed by atoms with Gasteiger partial charge in [0, 0.05) is 33.1 Å². The number of furan rings is 1. The number of para-hydroxylation sites is 2. The molecule has 36 heavy (non-hydrogen) atoms. The molecule has 7 rings (SSSR count). The Morgan fingerprint density at radius 3 is 1.78 bits per heavy atom. The molecule has 0 bridgehead atoms. The van der Waals surface area contributed by atoms with Gasteiger partial charge >= 0.3 is 0 Å². The second-order valence-corrected chi connectivity index (χ2v) is 9.00. The van der Waals surface area contributed by atoms with Crippen molar-refractivity contribution in [2.24, 2.45) is 0 Å². The highest BCUT2D eigenvalue weighted by molar-refractivity contribution is 6.16. The summed E-state index contributed by atoms with van der Waals surface area (Å²) in [4.78, 5) is 2.33. The number of fused-ring (bicyclic) bond motifs is 5. The Kier molecular flexibility index (Phi) is 4.82. The Morgan fingerprint density at radius 1 is 0.472 bits per heavy atom. The van der Waals surface area contributed by atoms with Crippen LogP contribution in [0.3, 0.4) is 0 Å². The van der Waals surface area contributed by atoms with Crippen molar-refractivity contribution in [2.45, 2.75) is 0 Å². The normalized spacial score (nSPS) is 11.3. The van der Waals surface area contributed by atoms with E-state index < -0.39 is 0 Å². The van der Waals surface area contributed by atoms with E-state index in [4.69, 9.17) is 4.42 Å². The largest absolute Gasteiger partial charge is 0.455 e. The van der Waals surface area contributed by atoms with Crippen LogP contribution in [0.4, 0.5) is 17.1 Å². The van der Waals surface area contributed by atoms with E-state index in [9.17, 15) is 0 Å². The summed E-state index contributed by atoms with van der Waals surface area (Å²) in [6.07, 6.45) is 0. The minimum atomic E-state index is 0.894. The fourth-order valence-electron chi connectivity index (χ4n) is 5.15. The Morgan fingerprint density at radius 2 is 1.08 bits per heavy atom. The zero-order valence-corrected chi connectivity index (χ0v) is 19.6. The smallest absolute Gasteiger partial charge is 0.143 e. The fourth-order valence-corrected chi connectivity index (χ4v) is 5.15. The lowest BCUT2D eigenvalue weighted by atomic mass is 9.98. The third-order valence-corrected chi connectivity index (χ3v) is 6.83. The van der Waals surface area contributed by atoms with Crippen molar-refractivity contribution < 1.29 is 4.42 Å². The van der Waals surface area contributed by atoms with Crippen LogP contribution in [-0.2, 0) is 0 Å². The number of benzene rings is 6. The van der Waals surface area contributed by atoms with Crippen LogP contribution in [0.25, 0.3) is 43.8 Å². The highest BCUT2D eigenvalue weighted by atomic mass is 16.3. The maximum Gasteiger partial charge on any atom is 0.143 e. The number of hydrogen-bond acceptors (Lipinski definition) is 2. The van der Waals surface area contributed by atoms with Crippen molar-refractivity contribution in [3.8, 4) is 11.1 Å². The first kappa shape index (κ1) is 20.5. The summed E-state index contributed by atoms with van der Waals surface area (Å²) in [5, 5.41) is 4.56. The molecule has 0 radical (unpaired) electrons. The number of nitrogens with zero attached hydrogens (tertiary/aromatic N) is 1. The predicted octanol–water partition coefficient (Wildman–Crippen LogP) is 9.88. The maximum atomic E-state index is 6.56. The van der Waals surface area contributed by atoms with Gasteiger partial charge in [-0.1, -0.05) is 97.1 Å². The summed E-state index contributed by atoms with van der Waals surface area (Å²) in [5.41, 5.74) is 7.44. The monoisotopic (exact) mass is 461 g/mol. The first-order valence-corrected chi connectivity index (χ1v) is 12.2. The number of rotatable bonds is 4. The second-order valence-electron chi connectivity index (χ2n) is 9.00. The highest BCUT2D eigenvalue weighted by Gasteiger charge is 2.20. The zero-order chi connectivity index (χ0) is 23.9. The molecule has 0 unspecified atom stereocenters. The molecule has 1 heterocycles. The van der Waals surface area contributed by atoms with E-state index in [1.165, 1.54) is 5.39 Å². The highest BCUT2D eigenvalue weighted by Crippen LogP contribution is 2.45. The van der Waals surface area contributed by atoms with Crippen LogP contribution in [0.1, 0.15) is 0 Å². The van der Waals surface area contributed by atoms with E-state index in [2.05, 4.69) is 144 Å². The third-order valence-electron chi connectivity index (χ3n) is 6.83. The van der Waals surface area contributed by atoms with Crippen molar-refractivity contribution >= 4 is 49.8 Å². The summed E-state index contributed by atoms with van der Waals surface area (Å²) < 4.78 is 6.56. The van der Waals surface area contributed by atoms with Gasteiger partial charge in [0.05, 0.1) is 5.69 Å². The third kappa shape index (κ3) is 3.35. The lowest BCUT2D eigenvalue weighted by molar-refractivity contribution is 0.673. The minimum Gasteiger partial charge on any atom is -0.455 e. The van der Waals surface area contributed by atoms with Crippen LogP contribution in [0.5, 0.6) is 0 Å². The van der Waals surface area contributed by atoms with Gasteiger partial charge in [0.15, 0.2) is 0 Å². The van der Waals surface area contributed by atoms with Crippen LogP contribution in [0.15, 0.2) is 144 Å². The molecule has 1 aromatic heterocycles. The zero-order valence-electron chi connectivity index (χ0n) is 19.6. The van der Waals surface area contributed by atoms with Gasteiger partial charge in [-0.05, 0) is 53.4 Å². The lowest BCUT2D eigenvalue weighted by Crippen LogP contribution is -2.11. The summed E-state index contributed by atoms with van der Waals surface area (Å²) in [6.45, 7) is 0. The molecule has 7 aromatic rings. The SMILES string of the molecule is c1ccc(-c2cc3oc4c5ccccc5ccc4c3cc2N(c2ccccc2)c2ccccc2)cc1. The van der Waals surface area contributed by atoms with Gasteiger partial charge in [0.1, 0.15) is 11.2 Å². The standard InChI is InChI=1S/C34H23NO/c1-4-12-24(13-5-1)30-23-33-31(29-21-20-25-14-10-11-19-28(25)34(29)36-33)22-32(30)35(26-15-6-2-7-16-26)27-17-8-3-9-18-27/h1-23H. The quantitative estimate of drug-likeness (QED) is 0.259. The average Bonchev–Trinajstić information content (AvgIpc) is 3.33. The van der Waals surface area contributed by atoms with Gasteiger partial charge in [0.2, 0.25) is 0 Å². The van der Waals surface area contributed by atoms with Gasteiger partial charge < -0.3 is 9.32 Å². The van der Waals surface area contributed by atoms with Crippen molar-refractivity contribution in [1.29, 1.82) is 0 Å². The van der Waals surface area contributed by atoms with E-state index in [0.29, 0.717) is 0 Å². The second kappa shape index (κ2) is 8.44. The van der Waals surface area contributed by atoms with Crippen molar-refractivity contribution in [2.75, 3.05) is 4.90 Å². The first-order valence-electron chi connectivity index (χ1n) is 12.2. The van der Waals surface area contributed by atoms with Crippen LogP contribution in [0, 0.1) is 0 Å². The van der Waals surface area contributed by atoms with Crippen LogP contribution >= 0.6 is 0 Å². The molecule has 0 spiro atoms. The van der Waals surface area contributed by atoms with E-state index in [1.54, 1.807) is 0 Å². The molecule has 0 aliphatic heterocycles. The summed E-state index contributed by atoms with van der Waals surface area (Å²) in [5.74, 6) is 0. The molecule has 0 atom stereocenters. The van der Waals surface area contributed by atoms with Gasteiger partial charge in [-0.15, -0.1) is 0 Å². The Bertz CT molecular complexity index is 1780. The molecule has 0 N–H and O–H groups in total. The Hall–Kier alpha value is -4.82. The maximum absolute atomic E-state index is 6.56. The molecule has 0 aliphatic carbocycles.